The number of carbonyl (C=O) groups excluding carboxylic acids is 1. The number of nitrogens with zero attached hydrogens (tertiary/aromatic N) is 4. The quantitative estimate of drug-likeness (QED) is 0.236. The second-order valence-electron chi connectivity index (χ2n) is 9.72. The fourth-order valence-electron chi connectivity index (χ4n) is 4.87. The highest BCUT2D eigenvalue weighted by atomic mass is 16.5. The van der Waals surface area contributed by atoms with Crippen LogP contribution in [-0.4, -0.2) is 73.3 Å². The first-order chi connectivity index (χ1) is 21.1. The third-order valence-electron chi connectivity index (χ3n) is 7.02. The maximum absolute atomic E-state index is 13.6. The predicted octanol–water partition coefficient (Wildman–Crippen LogP) is 4.34. The molecule has 0 bridgehead atoms. The summed E-state index contributed by atoms with van der Waals surface area (Å²) in [6.45, 7) is 4.26. The summed E-state index contributed by atoms with van der Waals surface area (Å²) in [7, 11) is 1.59. The van der Waals surface area contributed by atoms with Crippen LogP contribution in [-0.2, 0) is 9.53 Å². The molecule has 3 heterocycles. The molecule has 6 rings (SSSR count). The van der Waals surface area contributed by atoms with Crippen molar-refractivity contribution < 1.29 is 28.2 Å². The first-order valence-corrected chi connectivity index (χ1v) is 13.9. The fraction of sp³-hybridized carbons (Fsp3) is 0.250. The van der Waals surface area contributed by atoms with Gasteiger partial charge in [0, 0.05) is 13.1 Å². The van der Waals surface area contributed by atoms with Gasteiger partial charge in [-0.2, -0.15) is 9.78 Å². The van der Waals surface area contributed by atoms with Crippen LogP contribution in [0.15, 0.2) is 81.0 Å². The van der Waals surface area contributed by atoms with Crippen LogP contribution in [0, 0.1) is 0 Å². The molecule has 43 heavy (non-hydrogen) atoms. The average molecular weight is 583 g/mol. The number of ether oxygens (including phenoxy) is 4. The number of furan rings is 1. The molecular weight excluding hydrogens is 552 g/mol. The molecule has 5 aromatic rings. The first-order valence-electron chi connectivity index (χ1n) is 13.9. The number of amides is 1. The molecule has 1 amide bonds. The average Bonchev–Trinajstić information content (AvgIpc) is 3.49. The molecule has 11 heteroatoms. The Balaban J connectivity index is 1.34. The van der Waals surface area contributed by atoms with Gasteiger partial charge in [-0.05, 0) is 61.0 Å². The summed E-state index contributed by atoms with van der Waals surface area (Å²) in [5, 5.41) is 5.71. The van der Waals surface area contributed by atoms with E-state index < -0.39 is 0 Å². The van der Waals surface area contributed by atoms with Crippen LogP contribution in [0.1, 0.15) is 12.5 Å². The van der Waals surface area contributed by atoms with E-state index in [1.54, 1.807) is 54.5 Å². The largest absolute Gasteiger partial charge is 0.496 e. The van der Waals surface area contributed by atoms with Crippen LogP contribution in [0.3, 0.4) is 0 Å². The minimum absolute atomic E-state index is 0.114. The van der Waals surface area contributed by atoms with E-state index in [1.807, 2.05) is 31.2 Å². The van der Waals surface area contributed by atoms with Gasteiger partial charge < -0.3 is 28.3 Å². The van der Waals surface area contributed by atoms with Crippen molar-refractivity contribution >= 4 is 34.0 Å². The van der Waals surface area contributed by atoms with Crippen LogP contribution < -0.4 is 19.8 Å². The lowest BCUT2D eigenvalue weighted by Gasteiger charge is -2.26. The molecule has 0 spiro atoms. The van der Waals surface area contributed by atoms with Gasteiger partial charge in [0.1, 0.15) is 11.3 Å². The SMILES string of the molecule is CCOc1cc(C=Nn2c(-c3cc4c(OC)cccc4o3)nc3ccccc3c2=O)ccc1OCC(=O)N1CCOCC1. The zero-order valence-corrected chi connectivity index (χ0v) is 23.8. The Kier molecular flexibility index (Phi) is 8.05. The Morgan fingerprint density at radius 1 is 0.977 bits per heavy atom. The topological polar surface area (TPSA) is 118 Å². The van der Waals surface area contributed by atoms with Crippen molar-refractivity contribution in [2.75, 3.05) is 46.6 Å². The molecule has 1 fully saturated rings. The highest BCUT2D eigenvalue weighted by molar-refractivity contribution is 5.89. The minimum atomic E-state index is -0.351. The van der Waals surface area contributed by atoms with Gasteiger partial charge in [-0.3, -0.25) is 9.59 Å². The van der Waals surface area contributed by atoms with Crippen molar-refractivity contribution in [3.8, 4) is 28.8 Å². The van der Waals surface area contributed by atoms with E-state index in [2.05, 4.69) is 5.10 Å². The Hall–Kier alpha value is -5.16. The molecule has 0 atom stereocenters. The Morgan fingerprint density at radius 3 is 2.63 bits per heavy atom. The van der Waals surface area contributed by atoms with Crippen molar-refractivity contribution in [2.24, 2.45) is 5.10 Å². The number of hydrogen-bond acceptors (Lipinski definition) is 9. The van der Waals surface area contributed by atoms with E-state index in [4.69, 9.17) is 28.3 Å². The maximum atomic E-state index is 13.6. The molecule has 220 valence electrons. The molecule has 1 saturated heterocycles. The van der Waals surface area contributed by atoms with Crippen molar-refractivity contribution in [3.63, 3.8) is 0 Å². The van der Waals surface area contributed by atoms with Gasteiger partial charge in [0.25, 0.3) is 11.5 Å². The number of methoxy groups -OCH3 is 1. The number of rotatable bonds is 9. The molecule has 0 saturated carbocycles. The van der Waals surface area contributed by atoms with Crippen LogP contribution in [0.2, 0.25) is 0 Å². The number of benzene rings is 3. The molecular formula is C32H30N4O7. The van der Waals surface area contributed by atoms with Gasteiger partial charge >= 0.3 is 0 Å². The molecule has 1 aliphatic rings. The number of morpholine rings is 1. The Labute approximate surface area is 246 Å². The number of carbonyl (C=O) groups is 1. The summed E-state index contributed by atoms with van der Waals surface area (Å²) in [6, 6.07) is 19.6. The predicted molar refractivity (Wildman–Crippen MR) is 161 cm³/mol. The van der Waals surface area contributed by atoms with Crippen LogP contribution in [0.4, 0.5) is 0 Å². The smallest absolute Gasteiger partial charge is 0.282 e. The second kappa shape index (κ2) is 12.4. The van der Waals surface area contributed by atoms with Gasteiger partial charge in [-0.1, -0.05) is 18.2 Å². The van der Waals surface area contributed by atoms with E-state index >= 15 is 0 Å². The second-order valence-corrected chi connectivity index (χ2v) is 9.72. The van der Waals surface area contributed by atoms with E-state index in [-0.39, 0.29) is 23.9 Å². The molecule has 0 N–H and O–H groups in total. The lowest BCUT2D eigenvalue weighted by atomic mass is 10.2. The normalized spacial score (nSPS) is 13.6. The summed E-state index contributed by atoms with van der Waals surface area (Å²) in [5.41, 5.74) is 1.41. The van der Waals surface area contributed by atoms with E-state index in [0.29, 0.717) is 78.0 Å². The molecule has 0 radical (unpaired) electrons. The molecule has 1 aliphatic heterocycles. The number of aromatic nitrogens is 2. The molecule has 0 unspecified atom stereocenters. The number of hydrogen-bond donors (Lipinski definition) is 0. The monoisotopic (exact) mass is 582 g/mol. The van der Waals surface area contributed by atoms with Crippen molar-refractivity contribution in [1.82, 2.24) is 14.6 Å². The highest BCUT2D eigenvalue weighted by Gasteiger charge is 2.19. The summed E-state index contributed by atoms with van der Waals surface area (Å²) in [6.07, 6.45) is 1.54. The third-order valence-corrected chi connectivity index (χ3v) is 7.02. The third kappa shape index (κ3) is 5.80. The van der Waals surface area contributed by atoms with Crippen molar-refractivity contribution in [1.29, 1.82) is 0 Å². The molecule has 2 aromatic heterocycles. The zero-order chi connectivity index (χ0) is 29.8. The number of fused-ring (bicyclic) bond motifs is 2. The van der Waals surface area contributed by atoms with Gasteiger partial charge in [0.05, 0.1) is 49.4 Å². The lowest BCUT2D eigenvalue weighted by molar-refractivity contribution is -0.137. The van der Waals surface area contributed by atoms with Crippen molar-refractivity contribution in [3.05, 3.63) is 82.6 Å². The van der Waals surface area contributed by atoms with Crippen LogP contribution >= 0.6 is 0 Å². The minimum Gasteiger partial charge on any atom is -0.496 e. The van der Waals surface area contributed by atoms with Gasteiger partial charge in [0.15, 0.2) is 23.9 Å². The summed E-state index contributed by atoms with van der Waals surface area (Å²) < 4.78 is 29.7. The maximum Gasteiger partial charge on any atom is 0.282 e. The standard InChI is InChI=1S/C32H30N4O7/c1-3-41-28-17-21(11-12-27(28)42-20-30(37)35-13-15-40-16-14-35)19-33-36-31(34-24-8-5-4-7-22(24)32(36)38)29-18-23-25(39-2)9-6-10-26(23)43-29/h4-12,17-19H,3,13-16,20H2,1-2H3. The van der Waals surface area contributed by atoms with E-state index in [0.717, 1.165) is 5.39 Å². The van der Waals surface area contributed by atoms with Crippen LogP contribution in [0.25, 0.3) is 33.5 Å². The molecule has 11 nitrogen and oxygen atoms in total. The van der Waals surface area contributed by atoms with E-state index in [1.165, 1.54) is 10.9 Å². The van der Waals surface area contributed by atoms with Crippen molar-refractivity contribution in [2.45, 2.75) is 6.92 Å². The lowest BCUT2D eigenvalue weighted by Crippen LogP contribution is -2.43. The first kappa shape index (κ1) is 28.0. The fourth-order valence-corrected chi connectivity index (χ4v) is 4.87. The molecule has 0 aliphatic carbocycles. The van der Waals surface area contributed by atoms with Gasteiger partial charge in [0.2, 0.25) is 5.82 Å². The number of para-hydroxylation sites is 1. The summed E-state index contributed by atoms with van der Waals surface area (Å²) in [5.74, 6) is 2.02. The van der Waals surface area contributed by atoms with Gasteiger partial charge in [-0.25, -0.2) is 4.98 Å². The summed E-state index contributed by atoms with van der Waals surface area (Å²) in [4.78, 5) is 32.7. The Morgan fingerprint density at radius 2 is 1.81 bits per heavy atom. The Bertz CT molecular complexity index is 1870. The van der Waals surface area contributed by atoms with Gasteiger partial charge in [-0.15, -0.1) is 0 Å². The molecule has 3 aromatic carbocycles. The van der Waals surface area contributed by atoms with Crippen LogP contribution in [0.5, 0.6) is 17.2 Å². The zero-order valence-electron chi connectivity index (χ0n) is 23.8. The highest BCUT2D eigenvalue weighted by Crippen LogP contribution is 2.33. The summed E-state index contributed by atoms with van der Waals surface area (Å²) >= 11 is 0. The van der Waals surface area contributed by atoms with E-state index in [9.17, 15) is 9.59 Å².